The van der Waals surface area contributed by atoms with Gasteiger partial charge in [-0.25, -0.2) is 0 Å². The van der Waals surface area contributed by atoms with Crippen molar-refractivity contribution in [3.8, 4) is 0 Å². The van der Waals surface area contributed by atoms with Gasteiger partial charge in [0.05, 0.1) is 31.5 Å². The molecular weight excluding hydrogens is 582 g/mol. The maximum Gasteiger partial charge on any atom is 0.167 e. The third kappa shape index (κ3) is 11.1. The zero-order valence-corrected chi connectivity index (χ0v) is 28.8. The molecule has 3 aromatic rings. The van der Waals surface area contributed by atoms with Crippen LogP contribution in [0.1, 0.15) is 64.2 Å². The topological polar surface area (TPSA) is 94.9 Å². The van der Waals surface area contributed by atoms with Gasteiger partial charge in [-0.2, -0.15) is 0 Å². The molecule has 8 nitrogen and oxygen atoms in total. The third-order valence-corrected chi connectivity index (χ3v) is 9.62. The smallest absolute Gasteiger partial charge is 0.167 e. The number of hydrogen-bond donors (Lipinski definition) is 0. The van der Waals surface area contributed by atoms with Crippen molar-refractivity contribution < 1.29 is 23.4 Å². The zero-order chi connectivity index (χ0) is 32.1. The molecule has 5 atom stereocenters. The monoisotopic (exact) mass is 631 g/mol. The molecule has 0 amide bonds. The van der Waals surface area contributed by atoms with Crippen LogP contribution < -0.4 is 0 Å². The minimum absolute atomic E-state index is 0.103. The summed E-state index contributed by atoms with van der Waals surface area (Å²) in [6.07, 6.45) is -0.842. The van der Waals surface area contributed by atoms with Crippen molar-refractivity contribution in [1.82, 2.24) is 0 Å². The number of rotatable bonds is 16. The Labute approximate surface area is 271 Å². The van der Waals surface area contributed by atoms with Gasteiger partial charge in [-0.1, -0.05) is 117 Å². The summed E-state index contributed by atoms with van der Waals surface area (Å²) in [7, 11) is -0.917. The minimum atomic E-state index is -0.917. The minimum Gasteiger partial charge on any atom is -0.416 e. The van der Waals surface area contributed by atoms with Gasteiger partial charge in [0.1, 0.15) is 24.4 Å². The lowest BCUT2D eigenvalue weighted by molar-refractivity contribution is -0.289. The first-order valence-electron chi connectivity index (χ1n) is 15.9. The second-order valence-corrected chi connectivity index (χ2v) is 16.1. The predicted molar refractivity (Wildman–Crippen MR) is 180 cm³/mol. The molecule has 0 radical (unpaired) electrons. The summed E-state index contributed by atoms with van der Waals surface area (Å²) in [5, 5.41) is 3.88. The highest BCUT2D eigenvalue weighted by Gasteiger charge is 2.53. The molecule has 1 aliphatic heterocycles. The number of hydrogen-bond acceptors (Lipinski definition) is 6. The Morgan fingerprint density at radius 3 is 1.64 bits per heavy atom. The van der Waals surface area contributed by atoms with Crippen LogP contribution in [-0.2, 0) is 43.2 Å². The maximum absolute atomic E-state index is 8.90. The molecule has 9 heteroatoms. The molecule has 1 aliphatic rings. The van der Waals surface area contributed by atoms with Gasteiger partial charge >= 0.3 is 0 Å². The van der Waals surface area contributed by atoms with E-state index in [9.17, 15) is 0 Å². The molecule has 3 aromatic carbocycles. The number of benzene rings is 3. The van der Waals surface area contributed by atoms with Crippen molar-refractivity contribution in [2.24, 2.45) is 5.11 Å². The molecule has 0 bridgehead atoms. The van der Waals surface area contributed by atoms with E-state index in [1.54, 1.807) is 0 Å². The van der Waals surface area contributed by atoms with Gasteiger partial charge in [-0.3, -0.25) is 0 Å². The number of nitrogens with zero attached hydrogens (tertiary/aromatic N) is 3. The van der Waals surface area contributed by atoms with Crippen molar-refractivity contribution >= 4 is 9.76 Å². The Balaban J connectivity index is 1.71. The van der Waals surface area contributed by atoms with Crippen molar-refractivity contribution in [2.75, 3.05) is 6.54 Å². The fraction of sp³-hybridized carbons (Fsp3) is 0.500. The van der Waals surface area contributed by atoms with Crippen LogP contribution in [0.5, 0.6) is 0 Å². The molecule has 45 heavy (non-hydrogen) atoms. The summed E-state index contributed by atoms with van der Waals surface area (Å²) in [5.74, 6) is 0. The van der Waals surface area contributed by atoms with E-state index in [1.165, 1.54) is 0 Å². The van der Waals surface area contributed by atoms with Gasteiger partial charge in [0.25, 0.3) is 0 Å². The van der Waals surface area contributed by atoms with Crippen LogP contribution in [0.3, 0.4) is 0 Å². The molecule has 4 rings (SSSR count). The molecule has 1 fully saturated rings. The van der Waals surface area contributed by atoms with Crippen molar-refractivity contribution in [1.29, 1.82) is 0 Å². The molecule has 0 aliphatic carbocycles. The maximum atomic E-state index is 8.90. The molecule has 1 saturated heterocycles. The molecule has 0 aromatic heterocycles. The number of azide groups is 1. The number of ether oxygens (including phenoxy) is 4. The van der Waals surface area contributed by atoms with E-state index in [2.05, 4.69) is 81.0 Å². The first-order chi connectivity index (χ1) is 21.7. The summed E-state index contributed by atoms with van der Waals surface area (Å²) < 4.78 is 34.2. The van der Waals surface area contributed by atoms with E-state index in [-0.39, 0.29) is 11.1 Å². The summed E-state index contributed by atoms with van der Waals surface area (Å²) in [4.78, 5) is 2.95. The molecule has 0 N–H and O–H groups in total. The average Bonchev–Trinajstić information content (AvgIpc) is 3.04. The van der Waals surface area contributed by atoms with Crippen LogP contribution in [-0.4, -0.2) is 52.4 Å². The Morgan fingerprint density at radius 1 is 0.711 bits per heavy atom. The van der Waals surface area contributed by atoms with Crippen molar-refractivity contribution in [3.63, 3.8) is 0 Å². The quantitative estimate of drug-likeness (QED) is 0.0531. The molecule has 242 valence electrons. The van der Waals surface area contributed by atoms with Crippen molar-refractivity contribution in [3.05, 3.63) is 118 Å². The molecule has 1 heterocycles. The molecule has 0 spiro atoms. The van der Waals surface area contributed by atoms with Crippen molar-refractivity contribution in [2.45, 2.75) is 108 Å². The lowest BCUT2D eigenvalue weighted by Crippen LogP contribution is -2.65. The highest BCUT2D eigenvalue weighted by atomic mass is 28.2. The van der Waals surface area contributed by atoms with Gasteiger partial charge in [0.15, 0.2) is 9.76 Å². The van der Waals surface area contributed by atoms with Crippen LogP contribution in [0.15, 0.2) is 96.1 Å². The largest absolute Gasteiger partial charge is 0.416 e. The van der Waals surface area contributed by atoms with Crippen LogP contribution in [0.4, 0.5) is 0 Å². The predicted octanol–water partition coefficient (Wildman–Crippen LogP) is 7.70. The van der Waals surface area contributed by atoms with Crippen LogP contribution in [0, 0.1) is 0 Å². The summed E-state index contributed by atoms with van der Waals surface area (Å²) in [5.41, 5.74) is 11.5. The highest BCUT2D eigenvalue weighted by molar-refractivity contribution is 6.31. The summed E-state index contributed by atoms with van der Waals surface area (Å²) >= 11 is 0. The SMILES string of the molecule is CC(C)(C)[SiH2]OC(C)(C)C1OC(CCCN=[N+]=[N-])C(OCc2ccccc2)C(OCc2ccccc2)C1OCc1ccccc1. The fourth-order valence-electron chi connectivity index (χ4n) is 5.47. The first kappa shape index (κ1) is 34.9. The highest BCUT2D eigenvalue weighted by Crippen LogP contribution is 2.38. The third-order valence-electron chi connectivity index (χ3n) is 7.86. The van der Waals surface area contributed by atoms with Gasteiger partial charge in [0.2, 0.25) is 0 Å². The van der Waals surface area contributed by atoms with Gasteiger partial charge in [-0.15, -0.1) is 0 Å². The van der Waals surface area contributed by atoms with E-state index < -0.39 is 39.8 Å². The Bertz CT molecular complexity index is 1320. The van der Waals surface area contributed by atoms with E-state index in [1.807, 2.05) is 54.6 Å². The lowest BCUT2D eigenvalue weighted by atomic mass is 9.85. The van der Waals surface area contributed by atoms with Gasteiger partial charge < -0.3 is 23.4 Å². The van der Waals surface area contributed by atoms with Gasteiger partial charge in [-0.05, 0) is 53.9 Å². The Kier molecular flexibility index (Phi) is 13.2. The summed E-state index contributed by atoms with van der Waals surface area (Å²) in [6.45, 7) is 12.5. The summed E-state index contributed by atoms with van der Waals surface area (Å²) in [6, 6.07) is 30.5. The van der Waals surface area contributed by atoms with Crippen LogP contribution in [0.2, 0.25) is 5.04 Å². The molecule has 0 saturated carbocycles. The van der Waals surface area contributed by atoms with Crippen LogP contribution in [0.25, 0.3) is 10.4 Å². The second-order valence-electron chi connectivity index (χ2n) is 13.4. The standard InChI is InChI=1S/C36H49N3O5Si/c1-35(2,3)45-44-36(4,5)34-33(42-26-29-20-13-8-14-21-29)32(41-25-28-18-11-7-12-19-28)31(30(43-34)22-15-23-38-39-37)40-24-27-16-9-6-10-17-27/h6-14,16-21,30-34H,15,22-26,45H2,1-5H3. The van der Waals surface area contributed by atoms with E-state index in [0.29, 0.717) is 39.2 Å². The normalized spacial score (nSPS) is 22.4. The zero-order valence-electron chi connectivity index (χ0n) is 27.4. The van der Waals surface area contributed by atoms with Gasteiger partial charge in [0, 0.05) is 11.5 Å². The van der Waals surface area contributed by atoms with E-state index in [4.69, 9.17) is 28.9 Å². The Hall–Kier alpha value is -3.01. The molecular formula is C36H49N3O5Si. The average molecular weight is 632 g/mol. The second kappa shape index (κ2) is 17.1. The molecule has 5 unspecified atom stereocenters. The lowest BCUT2D eigenvalue weighted by Gasteiger charge is -2.51. The van der Waals surface area contributed by atoms with Crippen LogP contribution >= 0.6 is 0 Å². The Morgan fingerprint density at radius 2 is 1.18 bits per heavy atom. The fourth-order valence-corrected chi connectivity index (χ4v) is 6.44. The first-order valence-corrected chi connectivity index (χ1v) is 17.2. The van der Waals surface area contributed by atoms with E-state index in [0.717, 1.165) is 16.7 Å². The van der Waals surface area contributed by atoms with E-state index >= 15 is 0 Å².